The van der Waals surface area contributed by atoms with Crippen molar-refractivity contribution < 1.29 is 14.6 Å². The van der Waals surface area contributed by atoms with E-state index in [1.807, 2.05) is 19.9 Å². The molecule has 6 heteroatoms. The number of aromatic amines is 1. The Balaban J connectivity index is 1.96. The van der Waals surface area contributed by atoms with E-state index in [1.165, 1.54) is 0 Å². The number of aryl methyl sites for hydroxylation is 2. The molecule has 0 saturated carbocycles. The van der Waals surface area contributed by atoms with Gasteiger partial charge in [0.15, 0.2) is 0 Å². The quantitative estimate of drug-likeness (QED) is 0.797. The van der Waals surface area contributed by atoms with Crippen LogP contribution < -0.4 is 0 Å². The van der Waals surface area contributed by atoms with Gasteiger partial charge in [-0.15, -0.1) is 0 Å². The summed E-state index contributed by atoms with van der Waals surface area (Å²) in [4.78, 5) is 19.7. The van der Waals surface area contributed by atoms with E-state index in [0.717, 1.165) is 44.1 Å². The largest absolute Gasteiger partial charge is 0.395 e. The standard InChI is InChI=1S/C15H25N3O3/c1-12-11-13(2)16-14(12)15(20)18(5-8-19)4-3-17-6-9-21-10-7-17/h11,16,19H,3-10H2,1-2H3. The molecular weight excluding hydrogens is 270 g/mol. The number of nitrogens with one attached hydrogen (secondary N) is 1. The maximum Gasteiger partial charge on any atom is 0.270 e. The van der Waals surface area contributed by atoms with Crippen molar-refractivity contribution in [2.24, 2.45) is 0 Å². The minimum atomic E-state index is -0.0390. The van der Waals surface area contributed by atoms with Crippen LogP contribution in [0.25, 0.3) is 0 Å². The summed E-state index contributed by atoms with van der Waals surface area (Å²) >= 11 is 0. The molecule has 0 aromatic carbocycles. The molecule has 6 nitrogen and oxygen atoms in total. The van der Waals surface area contributed by atoms with Crippen LogP contribution in [0.4, 0.5) is 0 Å². The molecule has 1 saturated heterocycles. The van der Waals surface area contributed by atoms with Gasteiger partial charge in [0.05, 0.1) is 19.8 Å². The highest BCUT2D eigenvalue weighted by atomic mass is 16.5. The molecule has 118 valence electrons. The second-order valence-electron chi connectivity index (χ2n) is 5.48. The van der Waals surface area contributed by atoms with E-state index < -0.39 is 0 Å². The number of carbonyl (C=O) groups is 1. The average Bonchev–Trinajstić information content (AvgIpc) is 2.82. The highest BCUT2D eigenvalue weighted by Gasteiger charge is 2.20. The Labute approximate surface area is 125 Å². The molecule has 2 heterocycles. The topological polar surface area (TPSA) is 68.8 Å². The summed E-state index contributed by atoms with van der Waals surface area (Å²) in [7, 11) is 0. The fraction of sp³-hybridized carbons (Fsp3) is 0.667. The lowest BCUT2D eigenvalue weighted by Crippen LogP contribution is -2.44. The number of morpholine rings is 1. The number of nitrogens with zero attached hydrogens (tertiary/aromatic N) is 2. The van der Waals surface area contributed by atoms with Gasteiger partial charge in [-0.1, -0.05) is 0 Å². The molecule has 0 spiro atoms. The molecule has 0 unspecified atom stereocenters. The molecule has 1 aromatic rings. The third-order valence-corrected chi connectivity index (χ3v) is 3.81. The van der Waals surface area contributed by atoms with E-state index >= 15 is 0 Å². The summed E-state index contributed by atoms with van der Waals surface area (Å²) in [5, 5.41) is 9.21. The Morgan fingerprint density at radius 1 is 1.38 bits per heavy atom. The molecule has 21 heavy (non-hydrogen) atoms. The zero-order valence-electron chi connectivity index (χ0n) is 12.9. The summed E-state index contributed by atoms with van der Waals surface area (Å²) < 4.78 is 5.32. The number of rotatable bonds is 6. The third-order valence-electron chi connectivity index (χ3n) is 3.81. The van der Waals surface area contributed by atoms with Crippen LogP contribution in [-0.4, -0.2) is 78.3 Å². The zero-order chi connectivity index (χ0) is 15.2. The van der Waals surface area contributed by atoms with Crippen molar-refractivity contribution in [3.63, 3.8) is 0 Å². The van der Waals surface area contributed by atoms with Gasteiger partial charge in [0, 0.05) is 38.4 Å². The highest BCUT2D eigenvalue weighted by Crippen LogP contribution is 2.12. The van der Waals surface area contributed by atoms with Crippen molar-refractivity contribution in [1.82, 2.24) is 14.8 Å². The normalized spacial score (nSPS) is 16.1. The van der Waals surface area contributed by atoms with Crippen LogP contribution in [0.5, 0.6) is 0 Å². The number of ether oxygens (including phenoxy) is 1. The number of amides is 1. The smallest absolute Gasteiger partial charge is 0.270 e. The number of aliphatic hydroxyl groups is 1. The fourth-order valence-corrected chi connectivity index (χ4v) is 2.63. The van der Waals surface area contributed by atoms with E-state index in [2.05, 4.69) is 9.88 Å². The predicted molar refractivity (Wildman–Crippen MR) is 80.5 cm³/mol. The van der Waals surface area contributed by atoms with Crippen LogP contribution in [0.1, 0.15) is 21.7 Å². The average molecular weight is 295 g/mol. The maximum absolute atomic E-state index is 12.6. The maximum atomic E-state index is 12.6. The van der Waals surface area contributed by atoms with Crippen molar-refractivity contribution in [2.45, 2.75) is 13.8 Å². The molecule has 2 N–H and O–H groups in total. The second kappa shape index (κ2) is 7.59. The number of H-pyrrole nitrogens is 1. The first kappa shape index (κ1) is 16.0. The highest BCUT2D eigenvalue weighted by molar-refractivity contribution is 5.94. The third kappa shape index (κ3) is 4.30. The van der Waals surface area contributed by atoms with Gasteiger partial charge < -0.3 is 19.7 Å². The Hall–Kier alpha value is -1.37. The Kier molecular flexibility index (Phi) is 5.78. The lowest BCUT2D eigenvalue weighted by Gasteiger charge is -2.29. The second-order valence-corrected chi connectivity index (χ2v) is 5.48. The van der Waals surface area contributed by atoms with Gasteiger partial charge in [-0.3, -0.25) is 9.69 Å². The molecular formula is C15H25N3O3. The van der Waals surface area contributed by atoms with E-state index in [1.54, 1.807) is 4.90 Å². The monoisotopic (exact) mass is 295 g/mol. The van der Waals surface area contributed by atoms with E-state index in [-0.39, 0.29) is 12.5 Å². The van der Waals surface area contributed by atoms with E-state index in [0.29, 0.717) is 18.8 Å². The van der Waals surface area contributed by atoms with Gasteiger partial charge >= 0.3 is 0 Å². The number of hydrogen-bond acceptors (Lipinski definition) is 4. The minimum Gasteiger partial charge on any atom is -0.395 e. The SMILES string of the molecule is Cc1cc(C)c(C(=O)N(CCO)CCN2CCOCC2)[nH]1. The molecule has 0 bridgehead atoms. The fourth-order valence-electron chi connectivity index (χ4n) is 2.63. The molecule has 2 rings (SSSR count). The summed E-state index contributed by atoms with van der Waals surface area (Å²) in [6.07, 6.45) is 0. The van der Waals surface area contributed by atoms with Crippen LogP contribution in [0.3, 0.4) is 0 Å². The van der Waals surface area contributed by atoms with Gasteiger partial charge in [0.2, 0.25) is 0 Å². The molecule has 0 atom stereocenters. The summed E-state index contributed by atoms with van der Waals surface area (Å²) in [5.41, 5.74) is 2.56. The first-order valence-corrected chi connectivity index (χ1v) is 7.48. The number of carbonyl (C=O) groups excluding carboxylic acids is 1. The number of aliphatic hydroxyl groups excluding tert-OH is 1. The van der Waals surface area contributed by atoms with Crippen molar-refractivity contribution >= 4 is 5.91 Å². The summed E-state index contributed by atoms with van der Waals surface area (Å²) in [6.45, 7) is 8.96. The zero-order valence-corrected chi connectivity index (χ0v) is 12.9. The number of hydrogen-bond donors (Lipinski definition) is 2. The number of aromatic nitrogens is 1. The predicted octanol–water partition coefficient (Wildman–Crippen LogP) is 0.398. The lowest BCUT2D eigenvalue weighted by atomic mass is 10.2. The molecule has 1 amide bonds. The molecule has 1 aromatic heterocycles. The lowest BCUT2D eigenvalue weighted by molar-refractivity contribution is 0.0314. The van der Waals surface area contributed by atoms with Crippen LogP contribution in [0.15, 0.2) is 6.07 Å². The van der Waals surface area contributed by atoms with Crippen molar-refractivity contribution in [3.05, 3.63) is 23.0 Å². The van der Waals surface area contributed by atoms with Gasteiger partial charge in [-0.25, -0.2) is 0 Å². The Morgan fingerprint density at radius 2 is 2.10 bits per heavy atom. The van der Waals surface area contributed by atoms with Gasteiger partial charge in [-0.2, -0.15) is 0 Å². The summed E-state index contributed by atoms with van der Waals surface area (Å²) in [6, 6.07) is 1.96. The van der Waals surface area contributed by atoms with E-state index in [4.69, 9.17) is 4.74 Å². The molecule has 1 aliphatic heterocycles. The molecule has 1 aliphatic rings. The Morgan fingerprint density at radius 3 is 2.67 bits per heavy atom. The van der Waals surface area contributed by atoms with Crippen molar-refractivity contribution in [3.8, 4) is 0 Å². The minimum absolute atomic E-state index is 0.0202. The van der Waals surface area contributed by atoms with Crippen molar-refractivity contribution in [1.29, 1.82) is 0 Å². The molecule has 0 radical (unpaired) electrons. The van der Waals surface area contributed by atoms with Gasteiger partial charge in [0.1, 0.15) is 5.69 Å². The Bertz CT molecular complexity index is 467. The first-order valence-electron chi connectivity index (χ1n) is 7.48. The van der Waals surface area contributed by atoms with Crippen LogP contribution in [0.2, 0.25) is 0 Å². The van der Waals surface area contributed by atoms with Crippen LogP contribution in [0, 0.1) is 13.8 Å². The van der Waals surface area contributed by atoms with Crippen LogP contribution >= 0.6 is 0 Å². The van der Waals surface area contributed by atoms with Crippen molar-refractivity contribution in [2.75, 3.05) is 52.5 Å². The molecule has 0 aliphatic carbocycles. The van der Waals surface area contributed by atoms with Crippen LogP contribution in [-0.2, 0) is 4.74 Å². The summed E-state index contributed by atoms with van der Waals surface area (Å²) in [5.74, 6) is -0.0390. The molecule has 1 fully saturated rings. The van der Waals surface area contributed by atoms with E-state index in [9.17, 15) is 9.90 Å². The van der Waals surface area contributed by atoms with Gasteiger partial charge in [-0.05, 0) is 25.5 Å². The first-order chi connectivity index (χ1) is 10.1. The van der Waals surface area contributed by atoms with Gasteiger partial charge in [0.25, 0.3) is 5.91 Å².